The first-order chi connectivity index (χ1) is 14.4. The van der Waals surface area contributed by atoms with Crippen molar-refractivity contribution < 1.29 is 19.5 Å². The van der Waals surface area contributed by atoms with E-state index in [9.17, 15) is 9.59 Å². The first kappa shape index (κ1) is 22.3. The molecule has 2 amide bonds. The van der Waals surface area contributed by atoms with Crippen molar-refractivity contribution >= 4 is 18.3 Å². The number of hydrogen-bond donors (Lipinski definition) is 2. The van der Waals surface area contributed by atoms with Crippen LogP contribution in [-0.2, 0) is 20.9 Å². The zero-order valence-corrected chi connectivity index (χ0v) is 17.9. The predicted molar refractivity (Wildman–Crippen MR) is 111 cm³/mol. The molecule has 3 fully saturated rings. The lowest BCUT2D eigenvalue weighted by molar-refractivity contribution is -0.153. The molecule has 3 aliphatic rings. The van der Waals surface area contributed by atoms with E-state index in [0.29, 0.717) is 30.8 Å². The van der Waals surface area contributed by atoms with Crippen LogP contribution < -0.4 is 5.32 Å². The first-order valence-corrected chi connectivity index (χ1v) is 10.8. The third-order valence-corrected chi connectivity index (χ3v) is 6.69. The maximum Gasteiger partial charge on any atom is 0.290 e. The fourth-order valence-corrected chi connectivity index (χ4v) is 5.43. The summed E-state index contributed by atoms with van der Waals surface area (Å²) in [5.74, 6) is 1.27. The number of fused-ring (bicyclic) bond motifs is 4. The maximum absolute atomic E-state index is 12.7. The van der Waals surface area contributed by atoms with E-state index in [1.54, 1.807) is 6.92 Å². The Labute approximate surface area is 177 Å². The topological polar surface area (TPSA) is 108 Å². The van der Waals surface area contributed by atoms with Crippen LogP contribution in [0.15, 0.2) is 12.3 Å². The van der Waals surface area contributed by atoms with Gasteiger partial charge in [0.15, 0.2) is 0 Å². The number of rotatable bonds is 5. The molecule has 3 aliphatic heterocycles. The van der Waals surface area contributed by atoms with E-state index in [0.717, 1.165) is 39.0 Å². The van der Waals surface area contributed by atoms with Gasteiger partial charge in [-0.25, -0.2) is 0 Å². The predicted octanol–water partition coefficient (Wildman–Crippen LogP) is 0.730. The molecule has 0 aliphatic carbocycles. The lowest BCUT2D eigenvalue weighted by atomic mass is 9.72. The Bertz CT molecular complexity index is 752. The quantitative estimate of drug-likeness (QED) is 0.682. The average molecular weight is 420 g/mol. The number of carbonyl (C=O) groups excluding carboxylic acids is 2. The molecule has 9 heteroatoms. The molecule has 166 valence electrons. The minimum absolute atomic E-state index is 0.0139. The number of nitrogens with zero attached hydrogens (tertiary/aromatic N) is 4. The Balaban J connectivity index is 0.000000806. The Morgan fingerprint density at radius 1 is 1.33 bits per heavy atom. The van der Waals surface area contributed by atoms with Gasteiger partial charge in [-0.15, -0.1) is 0 Å². The summed E-state index contributed by atoms with van der Waals surface area (Å²) >= 11 is 0. The van der Waals surface area contributed by atoms with Crippen molar-refractivity contribution in [3.63, 3.8) is 0 Å². The normalized spacial score (nSPS) is 28.2. The highest BCUT2D eigenvalue weighted by Crippen LogP contribution is 2.41. The summed E-state index contributed by atoms with van der Waals surface area (Å²) in [6.07, 6.45) is 5.80. The van der Waals surface area contributed by atoms with Gasteiger partial charge in [0.05, 0.1) is 12.6 Å². The first-order valence-electron chi connectivity index (χ1n) is 10.8. The molecule has 0 radical (unpaired) electrons. The zero-order valence-electron chi connectivity index (χ0n) is 17.9. The van der Waals surface area contributed by atoms with Gasteiger partial charge in [-0.05, 0) is 44.1 Å². The number of nitrogens with one attached hydrogen (secondary N) is 1. The van der Waals surface area contributed by atoms with Gasteiger partial charge in [-0.3, -0.25) is 19.1 Å². The average Bonchev–Trinajstić information content (AvgIpc) is 3.12. The Morgan fingerprint density at radius 2 is 2.07 bits per heavy atom. The number of carbonyl (C=O) groups is 3. The molecule has 0 aromatic carbocycles. The van der Waals surface area contributed by atoms with Crippen LogP contribution in [0.5, 0.6) is 0 Å². The molecular weight excluding hydrogens is 386 g/mol. The highest BCUT2D eigenvalue weighted by Gasteiger charge is 2.49. The van der Waals surface area contributed by atoms with Crippen LogP contribution in [0.3, 0.4) is 0 Å². The molecular formula is C21H33N5O4. The summed E-state index contributed by atoms with van der Waals surface area (Å²) in [5, 5.41) is 14.3. The zero-order chi connectivity index (χ0) is 21.7. The van der Waals surface area contributed by atoms with Gasteiger partial charge < -0.3 is 20.2 Å². The minimum atomic E-state index is -0.250. The lowest BCUT2D eigenvalue weighted by Gasteiger charge is -2.56. The van der Waals surface area contributed by atoms with Crippen molar-refractivity contribution in [1.82, 2.24) is 24.9 Å². The molecule has 4 rings (SSSR count). The molecule has 0 saturated carbocycles. The van der Waals surface area contributed by atoms with Crippen LogP contribution in [0.4, 0.5) is 0 Å². The van der Waals surface area contributed by atoms with Crippen LogP contribution in [-0.4, -0.2) is 81.2 Å². The summed E-state index contributed by atoms with van der Waals surface area (Å²) < 4.78 is 2.07. The van der Waals surface area contributed by atoms with E-state index in [1.807, 2.05) is 12.3 Å². The molecule has 4 heterocycles. The SMILES string of the molecule is CC(=O)NC[C@H]1[C@H]2C[C@H](CN(CCn3nccc3C)C2)[C@@H]2CCCC(=O)N21.O=CO. The van der Waals surface area contributed by atoms with Crippen molar-refractivity contribution in [3.05, 3.63) is 18.0 Å². The number of aromatic nitrogens is 2. The van der Waals surface area contributed by atoms with Crippen molar-refractivity contribution in [2.45, 2.75) is 58.2 Å². The van der Waals surface area contributed by atoms with Crippen LogP contribution in [0.2, 0.25) is 0 Å². The smallest absolute Gasteiger partial charge is 0.290 e. The van der Waals surface area contributed by atoms with Crippen molar-refractivity contribution in [3.8, 4) is 0 Å². The van der Waals surface area contributed by atoms with Gasteiger partial charge in [0.1, 0.15) is 0 Å². The monoisotopic (exact) mass is 419 g/mol. The van der Waals surface area contributed by atoms with Gasteiger partial charge >= 0.3 is 0 Å². The molecule has 1 aromatic rings. The van der Waals surface area contributed by atoms with E-state index in [1.165, 1.54) is 12.1 Å². The summed E-state index contributed by atoms with van der Waals surface area (Å²) in [4.78, 5) is 37.3. The summed E-state index contributed by atoms with van der Waals surface area (Å²) in [6.45, 7) is 7.94. The molecule has 0 spiro atoms. The maximum atomic E-state index is 12.7. The second-order valence-corrected chi connectivity index (χ2v) is 8.58. The van der Waals surface area contributed by atoms with Gasteiger partial charge in [-0.2, -0.15) is 5.10 Å². The second-order valence-electron chi connectivity index (χ2n) is 8.58. The van der Waals surface area contributed by atoms with Crippen LogP contribution in [0.1, 0.15) is 38.3 Å². The fourth-order valence-electron chi connectivity index (χ4n) is 5.43. The molecule has 1 aromatic heterocycles. The molecule has 30 heavy (non-hydrogen) atoms. The number of likely N-dealkylation sites (tertiary alicyclic amines) is 1. The van der Waals surface area contributed by atoms with Gasteiger partial charge in [0.25, 0.3) is 6.47 Å². The molecule has 9 nitrogen and oxygen atoms in total. The number of piperidine rings is 3. The molecule has 2 N–H and O–H groups in total. The van der Waals surface area contributed by atoms with Gasteiger partial charge in [-0.1, -0.05) is 0 Å². The lowest BCUT2D eigenvalue weighted by Crippen LogP contribution is -2.67. The third-order valence-electron chi connectivity index (χ3n) is 6.69. The van der Waals surface area contributed by atoms with Gasteiger partial charge in [0, 0.05) is 57.5 Å². The highest BCUT2D eigenvalue weighted by molar-refractivity contribution is 5.78. The Kier molecular flexibility index (Phi) is 7.47. The van der Waals surface area contributed by atoms with Crippen molar-refractivity contribution in [2.75, 3.05) is 26.2 Å². The third kappa shape index (κ3) is 5.00. The van der Waals surface area contributed by atoms with E-state index >= 15 is 0 Å². The number of aryl methyl sites for hydroxylation is 1. The van der Waals surface area contributed by atoms with E-state index in [-0.39, 0.29) is 24.3 Å². The van der Waals surface area contributed by atoms with E-state index in [4.69, 9.17) is 9.90 Å². The Hall–Kier alpha value is -2.42. The summed E-state index contributed by atoms with van der Waals surface area (Å²) in [7, 11) is 0. The highest BCUT2D eigenvalue weighted by atomic mass is 16.3. The van der Waals surface area contributed by atoms with Gasteiger partial charge in [0.2, 0.25) is 11.8 Å². The van der Waals surface area contributed by atoms with Crippen molar-refractivity contribution in [1.29, 1.82) is 0 Å². The van der Waals surface area contributed by atoms with Crippen molar-refractivity contribution in [2.24, 2.45) is 11.8 Å². The Morgan fingerprint density at radius 3 is 2.73 bits per heavy atom. The molecule has 0 unspecified atom stereocenters. The minimum Gasteiger partial charge on any atom is -0.483 e. The standard InChI is InChI=1S/C20H31N5O2.CH2O2/c1-14-6-7-22-24(14)9-8-23-12-16-10-17(13-23)19(11-21-15(2)26)25-18(16)4-3-5-20(25)27;2-1-3/h6-7,16-19H,3-5,8-13H2,1-2H3,(H,21,26);1H,(H,2,3)/t16-,17+,18+,19+;/m1./s1. The molecule has 3 saturated heterocycles. The van der Waals surface area contributed by atoms with E-state index in [2.05, 4.69) is 31.8 Å². The van der Waals surface area contributed by atoms with Crippen LogP contribution in [0, 0.1) is 18.8 Å². The second kappa shape index (κ2) is 10.1. The van der Waals surface area contributed by atoms with Crippen LogP contribution >= 0.6 is 0 Å². The molecule has 4 atom stereocenters. The number of carboxylic acid groups (broad SMARTS) is 1. The number of amides is 2. The summed E-state index contributed by atoms with van der Waals surface area (Å²) in [6, 6.07) is 2.52. The largest absolute Gasteiger partial charge is 0.483 e. The van der Waals surface area contributed by atoms with Crippen LogP contribution in [0.25, 0.3) is 0 Å². The number of hydrogen-bond acceptors (Lipinski definition) is 5. The van der Waals surface area contributed by atoms with E-state index < -0.39 is 0 Å². The fraction of sp³-hybridized carbons (Fsp3) is 0.714. The summed E-state index contributed by atoms with van der Waals surface area (Å²) in [5.41, 5.74) is 1.19. The molecule has 2 bridgehead atoms.